The molecule has 22 heavy (non-hydrogen) atoms. The number of ketones is 2. The first-order chi connectivity index (χ1) is 10.2. The average molecular weight is 320 g/mol. The molecule has 5 heteroatoms. The van der Waals surface area contributed by atoms with E-state index in [9.17, 15) is 14.4 Å². The average Bonchev–Trinajstić information content (AvgIpc) is 3.04. The number of hydrogen-bond donors (Lipinski definition) is 0. The highest BCUT2D eigenvalue weighted by atomic mass is 32.1. The lowest BCUT2D eigenvalue weighted by molar-refractivity contribution is -0.166. The van der Waals surface area contributed by atoms with Gasteiger partial charge in [-0.2, -0.15) is 11.3 Å². The molecule has 0 radical (unpaired) electrons. The van der Waals surface area contributed by atoms with E-state index < -0.39 is 17.0 Å². The lowest BCUT2D eigenvalue weighted by Gasteiger charge is -2.27. The van der Waals surface area contributed by atoms with Crippen LogP contribution in [0.3, 0.4) is 0 Å². The second kappa shape index (κ2) is 6.16. The lowest BCUT2D eigenvalue weighted by atomic mass is 9.84. The van der Waals surface area contributed by atoms with E-state index in [1.807, 2.05) is 5.38 Å². The molecule has 1 heterocycles. The highest BCUT2D eigenvalue weighted by Gasteiger charge is 2.49. The van der Waals surface area contributed by atoms with Gasteiger partial charge in [-0.1, -0.05) is 6.08 Å². The van der Waals surface area contributed by atoms with Crippen LogP contribution in [0.25, 0.3) is 0 Å². The third kappa shape index (κ3) is 3.53. The van der Waals surface area contributed by atoms with E-state index in [0.29, 0.717) is 24.8 Å². The van der Waals surface area contributed by atoms with Gasteiger partial charge in [-0.15, -0.1) is 0 Å². The minimum Gasteiger partial charge on any atom is -0.459 e. The molecule has 2 rings (SSSR count). The van der Waals surface area contributed by atoms with Crippen molar-refractivity contribution in [2.75, 3.05) is 0 Å². The van der Waals surface area contributed by atoms with Crippen molar-refractivity contribution in [3.8, 4) is 0 Å². The SMILES string of the molecule is CC(C)(C)OC(=O)[C@]1(/C=C/C(=O)c2ccsc2)CCCC1=O. The number of hydrogen-bond acceptors (Lipinski definition) is 5. The summed E-state index contributed by atoms with van der Waals surface area (Å²) in [4.78, 5) is 36.8. The van der Waals surface area contributed by atoms with Crippen LogP contribution in [0.1, 0.15) is 50.4 Å². The van der Waals surface area contributed by atoms with E-state index in [1.165, 1.54) is 23.5 Å². The Kier molecular flexibility index (Phi) is 4.66. The van der Waals surface area contributed by atoms with Crippen LogP contribution in [0.5, 0.6) is 0 Å². The number of ether oxygens (including phenoxy) is 1. The van der Waals surface area contributed by atoms with Crippen LogP contribution in [0.2, 0.25) is 0 Å². The normalized spacial score (nSPS) is 22.2. The van der Waals surface area contributed by atoms with E-state index in [-0.39, 0.29) is 11.6 Å². The molecular formula is C17H20O4S. The first-order valence-corrected chi connectivity index (χ1v) is 8.21. The van der Waals surface area contributed by atoms with Crippen LogP contribution in [0.4, 0.5) is 0 Å². The van der Waals surface area contributed by atoms with Gasteiger partial charge >= 0.3 is 5.97 Å². The Labute approximate surface area is 134 Å². The van der Waals surface area contributed by atoms with Crippen molar-refractivity contribution in [3.63, 3.8) is 0 Å². The second-order valence-corrected chi connectivity index (χ2v) is 7.24. The zero-order chi connectivity index (χ0) is 16.4. The molecule has 1 aliphatic rings. The molecule has 118 valence electrons. The molecule has 1 fully saturated rings. The van der Waals surface area contributed by atoms with Crippen molar-refractivity contribution >= 4 is 28.9 Å². The Morgan fingerprint density at radius 1 is 1.36 bits per heavy atom. The van der Waals surface area contributed by atoms with Crippen LogP contribution in [-0.2, 0) is 14.3 Å². The van der Waals surface area contributed by atoms with E-state index in [1.54, 1.807) is 32.2 Å². The van der Waals surface area contributed by atoms with Crippen molar-refractivity contribution in [3.05, 3.63) is 34.5 Å². The van der Waals surface area contributed by atoms with Gasteiger partial charge < -0.3 is 4.74 Å². The first kappa shape index (κ1) is 16.6. The molecule has 0 unspecified atom stereocenters. The molecule has 1 aromatic heterocycles. The summed E-state index contributed by atoms with van der Waals surface area (Å²) < 4.78 is 5.40. The van der Waals surface area contributed by atoms with E-state index in [0.717, 1.165) is 0 Å². The lowest BCUT2D eigenvalue weighted by Crippen LogP contribution is -2.39. The predicted molar refractivity (Wildman–Crippen MR) is 84.9 cm³/mol. The fraction of sp³-hybridized carbons (Fsp3) is 0.471. The van der Waals surface area contributed by atoms with Crippen LogP contribution < -0.4 is 0 Å². The summed E-state index contributed by atoms with van der Waals surface area (Å²) in [7, 11) is 0. The van der Waals surface area contributed by atoms with Crippen molar-refractivity contribution in [2.45, 2.75) is 45.6 Å². The smallest absolute Gasteiger partial charge is 0.324 e. The largest absolute Gasteiger partial charge is 0.459 e. The Balaban J connectivity index is 2.25. The topological polar surface area (TPSA) is 60.4 Å². The van der Waals surface area contributed by atoms with Crippen molar-refractivity contribution in [2.24, 2.45) is 5.41 Å². The van der Waals surface area contributed by atoms with E-state index in [4.69, 9.17) is 4.74 Å². The number of esters is 1. The summed E-state index contributed by atoms with van der Waals surface area (Å²) in [5, 5.41) is 3.55. The maximum atomic E-state index is 12.5. The van der Waals surface area contributed by atoms with Gasteiger partial charge in [0.15, 0.2) is 11.6 Å². The van der Waals surface area contributed by atoms with Gasteiger partial charge in [-0.25, -0.2) is 0 Å². The van der Waals surface area contributed by atoms with Crippen molar-refractivity contribution in [1.29, 1.82) is 0 Å². The summed E-state index contributed by atoms with van der Waals surface area (Å²) in [6.45, 7) is 5.29. The zero-order valence-corrected chi connectivity index (χ0v) is 13.9. The molecule has 0 aromatic carbocycles. The Morgan fingerprint density at radius 2 is 2.09 bits per heavy atom. The first-order valence-electron chi connectivity index (χ1n) is 7.27. The van der Waals surface area contributed by atoms with Gasteiger partial charge in [0.2, 0.25) is 0 Å². The second-order valence-electron chi connectivity index (χ2n) is 6.46. The van der Waals surface area contributed by atoms with E-state index in [2.05, 4.69) is 0 Å². The monoisotopic (exact) mass is 320 g/mol. The Morgan fingerprint density at radius 3 is 2.59 bits per heavy atom. The summed E-state index contributed by atoms with van der Waals surface area (Å²) in [6.07, 6.45) is 4.14. The molecule has 1 atom stereocenters. The summed E-state index contributed by atoms with van der Waals surface area (Å²) >= 11 is 1.43. The quantitative estimate of drug-likeness (QED) is 0.368. The standard InChI is InChI=1S/C17H20O4S/c1-16(2,3)21-15(20)17(8-4-5-14(17)19)9-6-13(18)12-7-10-22-11-12/h6-7,9-11H,4-5,8H2,1-3H3/b9-6+/t17-/m0/s1. The van der Waals surface area contributed by atoms with Crippen molar-refractivity contribution in [1.82, 2.24) is 0 Å². The molecule has 0 spiro atoms. The number of carbonyl (C=O) groups excluding carboxylic acids is 3. The van der Waals surface area contributed by atoms with Crippen molar-refractivity contribution < 1.29 is 19.1 Å². The molecule has 1 aliphatic carbocycles. The van der Waals surface area contributed by atoms with E-state index >= 15 is 0 Å². The zero-order valence-electron chi connectivity index (χ0n) is 13.0. The van der Waals surface area contributed by atoms with Gasteiger partial charge in [0.25, 0.3) is 0 Å². The number of rotatable bonds is 4. The number of thiophene rings is 1. The van der Waals surface area contributed by atoms with Gasteiger partial charge in [-0.3, -0.25) is 14.4 Å². The predicted octanol–water partition coefficient (Wildman–Crippen LogP) is 3.57. The molecule has 0 aliphatic heterocycles. The maximum Gasteiger partial charge on any atom is 0.324 e. The van der Waals surface area contributed by atoms with Gasteiger partial charge in [0.05, 0.1) is 0 Å². The molecule has 4 nitrogen and oxygen atoms in total. The van der Waals surface area contributed by atoms with Crippen LogP contribution >= 0.6 is 11.3 Å². The Bertz CT molecular complexity index is 607. The number of carbonyl (C=O) groups is 3. The fourth-order valence-electron chi connectivity index (χ4n) is 2.44. The maximum absolute atomic E-state index is 12.5. The molecule has 0 saturated heterocycles. The molecule has 0 amide bonds. The van der Waals surface area contributed by atoms with Crippen LogP contribution in [0, 0.1) is 5.41 Å². The molecule has 1 saturated carbocycles. The van der Waals surface area contributed by atoms with Gasteiger partial charge in [-0.05, 0) is 51.1 Å². The molecule has 0 N–H and O–H groups in total. The summed E-state index contributed by atoms with van der Waals surface area (Å²) in [6, 6.07) is 1.72. The third-order valence-corrected chi connectivity index (χ3v) is 4.24. The minimum atomic E-state index is -1.31. The molecule has 0 bridgehead atoms. The van der Waals surface area contributed by atoms with Gasteiger partial charge in [0, 0.05) is 17.4 Å². The highest BCUT2D eigenvalue weighted by molar-refractivity contribution is 7.08. The molecule has 1 aromatic rings. The summed E-state index contributed by atoms with van der Waals surface area (Å²) in [5.41, 5.74) is -1.41. The third-order valence-electron chi connectivity index (χ3n) is 3.56. The van der Waals surface area contributed by atoms with Crippen LogP contribution in [0.15, 0.2) is 29.0 Å². The fourth-order valence-corrected chi connectivity index (χ4v) is 3.08. The van der Waals surface area contributed by atoms with Crippen LogP contribution in [-0.4, -0.2) is 23.1 Å². The summed E-state index contributed by atoms with van der Waals surface area (Å²) in [5.74, 6) is -0.933. The minimum absolute atomic E-state index is 0.170. The Hall–Kier alpha value is -1.75. The highest BCUT2D eigenvalue weighted by Crippen LogP contribution is 2.38. The molecular weight excluding hydrogens is 300 g/mol. The van der Waals surface area contributed by atoms with Gasteiger partial charge in [0.1, 0.15) is 11.0 Å². The number of allylic oxidation sites excluding steroid dienone is 1. The number of Topliss-reactive ketones (excluding diaryl/α,β-unsaturated/α-hetero) is 1.